The van der Waals surface area contributed by atoms with E-state index in [0.717, 1.165) is 15.6 Å². The van der Waals surface area contributed by atoms with Crippen LogP contribution in [-0.2, 0) is 4.74 Å². The number of aryl methyl sites for hydroxylation is 1. The van der Waals surface area contributed by atoms with Crippen LogP contribution in [0.2, 0.25) is 0 Å². The van der Waals surface area contributed by atoms with Gasteiger partial charge in [-0.05, 0) is 43.7 Å². The Labute approximate surface area is 154 Å². The van der Waals surface area contributed by atoms with Gasteiger partial charge in [0.25, 0.3) is 0 Å². The van der Waals surface area contributed by atoms with Crippen molar-refractivity contribution < 1.29 is 14.1 Å². The number of rotatable bonds is 4. The number of hydrogen-bond donors (Lipinski definition) is 1. The molecule has 0 aliphatic heterocycles. The van der Waals surface area contributed by atoms with Crippen LogP contribution in [0.3, 0.4) is 0 Å². The molecule has 0 fully saturated rings. The van der Waals surface area contributed by atoms with Crippen LogP contribution < -0.4 is 5.32 Å². The highest BCUT2D eigenvalue weighted by Crippen LogP contribution is 2.32. The predicted molar refractivity (Wildman–Crippen MR) is 99.3 cm³/mol. The lowest BCUT2D eigenvalue weighted by Gasteiger charge is -2.14. The average Bonchev–Trinajstić information content (AvgIpc) is 2.97. The normalized spacial score (nSPS) is 11.8. The molecule has 3 rings (SSSR count). The van der Waals surface area contributed by atoms with Gasteiger partial charge in [0.2, 0.25) is 0 Å². The number of amides is 1. The molecule has 6 heteroatoms. The van der Waals surface area contributed by atoms with Gasteiger partial charge in [0, 0.05) is 10.0 Å². The van der Waals surface area contributed by atoms with Crippen molar-refractivity contribution in [3.8, 4) is 11.3 Å². The van der Waals surface area contributed by atoms with Gasteiger partial charge in [-0.2, -0.15) is 0 Å². The summed E-state index contributed by atoms with van der Waals surface area (Å²) < 4.78 is 11.8. The van der Waals surface area contributed by atoms with Gasteiger partial charge in [-0.15, -0.1) is 0 Å². The third-order valence-electron chi connectivity index (χ3n) is 3.75. The number of halogens is 1. The summed E-state index contributed by atoms with van der Waals surface area (Å²) in [5.41, 5.74) is 2.83. The lowest BCUT2D eigenvalue weighted by Crippen LogP contribution is -2.16. The third kappa shape index (κ3) is 4.09. The molecule has 0 aliphatic rings. The fourth-order valence-electron chi connectivity index (χ4n) is 2.40. The van der Waals surface area contributed by atoms with Crippen LogP contribution in [0.15, 0.2) is 63.6 Å². The highest BCUT2D eigenvalue weighted by Gasteiger charge is 2.19. The fraction of sp³-hybridized carbons (Fsp3) is 0.158. The number of nitrogens with one attached hydrogen (secondary N) is 1. The summed E-state index contributed by atoms with van der Waals surface area (Å²) in [6.07, 6.45) is -0.918. The minimum atomic E-state index is -0.555. The van der Waals surface area contributed by atoms with E-state index in [0.29, 0.717) is 17.1 Å². The molecular weight excluding hydrogens is 384 g/mol. The van der Waals surface area contributed by atoms with Gasteiger partial charge in [0.15, 0.2) is 5.76 Å². The summed E-state index contributed by atoms with van der Waals surface area (Å²) in [5.74, 6) is 0.495. The van der Waals surface area contributed by atoms with Gasteiger partial charge in [0.1, 0.15) is 17.5 Å². The molecule has 1 heterocycles. The van der Waals surface area contributed by atoms with E-state index in [1.165, 1.54) is 0 Å². The molecular formula is C19H17BrN2O3. The maximum absolute atomic E-state index is 12.3. The molecule has 0 saturated carbocycles. The molecule has 0 aliphatic carbocycles. The molecule has 0 radical (unpaired) electrons. The molecule has 1 atom stereocenters. The Morgan fingerprint density at radius 1 is 1.16 bits per heavy atom. The van der Waals surface area contributed by atoms with Crippen molar-refractivity contribution in [2.24, 2.45) is 0 Å². The third-order valence-corrected chi connectivity index (χ3v) is 4.28. The Balaban J connectivity index is 1.75. The molecule has 5 nitrogen and oxygen atoms in total. The summed E-state index contributed by atoms with van der Waals surface area (Å²) in [5, 5.41) is 6.69. The predicted octanol–water partition coefficient (Wildman–Crippen LogP) is 5.72. The first-order valence-corrected chi connectivity index (χ1v) is 8.58. The molecule has 3 aromatic rings. The number of aromatic nitrogens is 1. The Hall–Kier alpha value is -2.60. The zero-order valence-electron chi connectivity index (χ0n) is 13.8. The van der Waals surface area contributed by atoms with Crippen molar-refractivity contribution in [2.45, 2.75) is 20.0 Å². The fourth-order valence-corrected chi connectivity index (χ4v) is 2.66. The van der Waals surface area contributed by atoms with Gasteiger partial charge in [-0.25, -0.2) is 4.79 Å². The van der Waals surface area contributed by atoms with Crippen molar-refractivity contribution >= 4 is 27.7 Å². The van der Waals surface area contributed by atoms with E-state index in [4.69, 9.17) is 9.26 Å². The number of hydrogen-bond acceptors (Lipinski definition) is 4. The highest BCUT2D eigenvalue weighted by atomic mass is 79.9. The molecule has 1 amide bonds. The van der Waals surface area contributed by atoms with Crippen molar-refractivity contribution in [2.75, 3.05) is 5.32 Å². The second-order valence-electron chi connectivity index (χ2n) is 5.56. The average molecular weight is 401 g/mol. The van der Waals surface area contributed by atoms with Crippen molar-refractivity contribution in [3.63, 3.8) is 0 Å². The lowest BCUT2D eigenvalue weighted by atomic mass is 10.1. The van der Waals surface area contributed by atoms with Crippen LogP contribution >= 0.6 is 15.9 Å². The highest BCUT2D eigenvalue weighted by molar-refractivity contribution is 9.10. The maximum atomic E-state index is 12.3. The van der Waals surface area contributed by atoms with E-state index in [1.807, 2.05) is 61.5 Å². The topological polar surface area (TPSA) is 64.4 Å². The van der Waals surface area contributed by atoms with Gasteiger partial charge >= 0.3 is 6.09 Å². The number of carbonyl (C=O) groups is 1. The van der Waals surface area contributed by atoms with E-state index in [1.54, 1.807) is 6.92 Å². The zero-order chi connectivity index (χ0) is 17.8. The van der Waals surface area contributed by atoms with Crippen LogP contribution in [0.4, 0.5) is 10.5 Å². The second-order valence-corrected chi connectivity index (χ2v) is 6.48. The first kappa shape index (κ1) is 17.2. The van der Waals surface area contributed by atoms with Gasteiger partial charge in [-0.1, -0.05) is 51.4 Å². The SMILES string of the molecule is Cc1noc(-c2ccc(Br)cc2)c1NC(=O)OC(C)c1ccccc1. The molecule has 0 spiro atoms. The summed E-state index contributed by atoms with van der Waals surface area (Å²) in [4.78, 5) is 12.3. The lowest BCUT2D eigenvalue weighted by molar-refractivity contribution is 0.121. The monoisotopic (exact) mass is 400 g/mol. The van der Waals surface area contributed by atoms with Gasteiger partial charge in [0.05, 0.1) is 0 Å². The number of benzene rings is 2. The summed E-state index contributed by atoms with van der Waals surface area (Å²) in [6, 6.07) is 17.1. The Bertz CT molecular complexity index is 860. The van der Waals surface area contributed by atoms with Gasteiger partial charge < -0.3 is 9.26 Å². The summed E-state index contributed by atoms with van der Waals surface area (Å²) >= 11 is 3.40. The summed E-state index contributed by atoms with van der Waals surface area (Å²) in [7, 11) is 0. The molecule has 0 saturated heterocycles. The van der Waals surface area contributed by atoms with E-state index < -0.39 is 6.09 Å². The molecule has 1 N–H and O–H groups in total. The Morgan fingerprint density at radius 3 is 2.52 bits per heavy atom. The summed E-state index contributed by atoms with van der Waals surface area (Å²) in [6.45, 7) is 3.59. The standard InChI is InChI=1S/C19H17BrN2O3/c1-12-17(18(25-22-12)15-8-10-16(20)11-9-15)21-19(23)24-13(2)14-6-4-3-5-7-14/h3-11,13H,1-2H3,(H,21,23). The van der Waals surface area contributed by atoms with Crippen LogP contribution in [0, 0.1) is 6.92 Å². The molecule has 1 aromatic heterocycles. The number of ether oxygens (including phenoxy) is 1. The van der Waals surface area contributed by atoms with E-state index >= 15 is 0 Å². The minimum Gasteiger partial charge on any atom is -0.441 e. The molecule has 128 valence electrons. The molecule has 25 heavy (non-hydrogen) atoms. The minimum absolute atomic E-state index is 0.363. The van der Waals surface area contributed by atoms with Crippen LogP contribution in [-0.4, -0.2) is 11.2 Å². The van der Waals surface area contributed by atoms with Crippen LogP contribution in [0.1, 0.15) is 24.3 Å². The number of nitrogens with zero attached hydrogens (tertiary/aromatic N) is 1. The van der Waals surface area contributed by atoms with Crippen molar-refractivity contribution in [3.05, 3.63) is 70.3 Å². The quantitative estimate of drug-likeness (QED) is 0.607. The molecule has 0 bridgehead atoms. The first-order valence-electron chi connectivity index (χ1n) is 7.79. The van der Waals surface area contributed by atoms with E-state index in [-0.39, 0.29) is 6.10 Å². The smallest absolute Gasteiger partial charge is 0.412 e. The van der Waals surface area contributed by atoms with Crippen molar-refractivity contribution in [1.82, 2.24) is 5.16 Å². The van der Waals surface area contributed by atoms with Crippen molar-refractivity contribution in [1.29, 1.82) is 0 Å². The Morgan fingerprint density at radius 2 is 1.84 bits per heavy atom. The molecule has 2 aromatic carbocycles. The number of anilines is 1. The molecule has 1 unspecified atom stereocenters. The zero-order valence-corrected chi connectivity index (χ0v) is 15.4. The van der Waals surface area contributed by atoms with E-state index in [2.05, 4.69) is 26.4 Å². The first-order chi connectivity index (χ1) is 12.0. The number of carbonyl (C=O) groups excluding carboxylic acids is 1. The van der Waals surface area contributed by atoms with Crippen LogP contribution in [0.5, 0.6) is 0 Å². The van der Waals surface area contributed by atoms with E-state index in [9.17, 15) is 4.79 Å². The second kappa shape index (κ2) is 7.53. The van der Waals surface area contributed by atoms with Crippen LogP contribution in [0.25, 0.3) is 11.3 Å². The maximum Gasteiger partial charge on any atom is 0.412 e. The van der Waals surface area contributed by atoms with Gasteiger partial charge in [-0.3, -0.25) is 5.32 Å². The Kier molecular flexibility index (Phi) is 5.19. The largest absolute Gasteiger partial charge is 0.441 e.